The van der Waals surface area contributed by atoms with Crippen LogP contribution in [0.2, 0.25) is 0 Å². The molecule has 3 rings (SSSR count). The van der Waals surface area contributed by atoms with E-state index in [2.05, 4.69) is 10.5 Å². The Hall–Kier alpha value is -3.53. The summed E-state index contributed by atoms with van der Waals surface area (Å²) in [6.45, 7) is 5.30. The lowest BCUT2D eigenvalue weighted by Gasteiger charge is -2.13. The Morgan fingerprint density at radius 3 is 2.34 bits per heavy atom. The number of fused-ring (bicyclic) bond motifs is 1. The van der Waals surface area contributed by atoms with Crippen LogP contribution in [0.4, 0.5) is 13.2 Å². The predicted octanol–water partition coefficient (Wildman–Crippen LogP) is 4.47. The van der Waals surface area contributed by atoms with Gasteiger partial charge in [0, 0.05) is 38.0 Å². The molecule has 188 valence electrons. The van der Waals surface area contributed by atoms with E-state index in [0.29, 0.717) is 11.1 Å². The molecule has 1 atom stereocenters. The molecule has 0 saturated carbocycles. The van der Waals surface area contributed by atoms with E-state index in [4.69, 9.17) is 0 Å². The summed E-state index contributed by atoms with van der Waals surface area (Å²) in [4.78, 5) is 13.1. The van der Waals surface area contributed by atoms with Crippen molar-refractivity contribution in [3.63, 3.8) is 0 Å². The highest BCUT2D eigenvalue weighted by Crippen LogP contribution is 2.39. The number of carbonyl (C=O) groups excluding carboxylic acids is 1. The average Bonchev–Trinajstić information content (AvgIpc) is 3.05. The SMILES string of the molecule is CC(=NNC(O)CCC(=O)N(C)C)c1c(O)n(-c2cc(C)cc(C)c2)c2cc(C(F)(F)F)ccc12. The van der Waals surface area contributed by atoms with Gasteiger partial charge in [-0.2, -0.15) is 18.3 Å². The zero-order valence-electron chi connectivity index (χ0n) is 20.2. The minimum absolute atomic E-state index is 0.104. The van der Waals surface area contributed by atoms with Crippen LogP contribution in [0.1, 0.15) is 42.0 Å². The van der Waals surface area contributed by atoms with Gasteiger partial charge in [-0.25, -0.2) is 0 Å². The number of hydrogen-bond donors (Lipinski definition) is 3. The third-order valence-corrected chi connectivity index (χ3v) is 5.61. The zero-order chi connectivity index (χ0) is 26.1. The number of amides is 1. The number of hydrazone groups is 1. The summed E-state index contributed by atoms with van der Waals surface area (Å²) in [5, 5.41) is 25.8. The Bertz CT molecular complexity index is 1260. The molecule has 3 N–H and O–H groups in total. The van der Waals surface area contributed by atoms with Gasteiger partial charge in [0.15, 0.2) is 0 Å². The van der Waals surface area contributed by atoms with E-state index in [0.717, 1.165) is 23.3 Å². The molecule has 1 aromatic heterocycles. The molecule has 10 heteroatoms. The van der Waals surface area contributed by atoms with Crippen LogP contribution in [0.5, 0.6) is 5.88 Å². The van der Waals surface area contributed by atoms with Crippen LogP contribution >= 0.6 is 0 Å². The minimum Gasteiger partial charge on any atom is -0.494 e. The van der Waals surface area contributed by atoms with Crippen molar-refractivity contribution in [2.75, 3.05) is 14.1 Å². The fourth-order valence-corrected chi connectivity index (χ4v) is 3.92. The Morgan fingerprint density at radius 2 is 1.77 bits per heavy atom. The standard InChI is InChI=1S/C25H29F3N4O3/c1-14-10-15(2)12-18(11-14)32-20-13-17(25(26,27)28)6-7-19(20)23(24(32)35)16(3)29-30-21(33)8-9-22(34)31(4)5/h6-7,10-13,21,30,33,35H,8-9H2,1-5H3. The first-order valence-electron chi connectivity index (χ1n) is 11.0. The van der Waals surface area contributed by atoms with Crippen molar-refractivity contribution in [2.45, 2.75) is 46.0 Å². The summed E-state index contributed by atoms with van der Waals surface area (Å²) in [6.07, 6.45) is -5.47. The number of nitrogens with one attached hydrogen (secondary N) is 1. The first-order chi connectivity index (χ1) is 16.3. The third kappa shape index (κ3) is 5.76. The van der Waals surface area contributed by atoms with Gasteiger partial charge < -0.3 is 15.1 Å². The van der Waals surface area contributed by atoms with Gasteiger partial charge in [0.1, 0.15) is 6.23 Å². The summed E-state index contributed by atoms with van der Waals surface area (Å²) in [6, 6.07) is 8.72. The number of aromatic hydroxyl groups is 1. The topological polar surface area (TPSA) is 90.1 Å². The Morgan fingerprint density at radius 1 is 1.14 bits per heavy atom. The first-order valence-corrected chi connectivity index (χ1v) is 11.0. The second-order valence-electron chi connectivity index (χ2n) is 8.78. The number of rotatable bonds is 7. The molecule has 2 aromatic carbocycles. The summed E-state index contributed by atoms with van der Waals surface area (Å²) in [7, 11) is 3.23. The molecule has 0 fully saturated rings. The quantitative estimate of drug-likeness (QED) is 0.259. The Kier molecular flexibility index (Phi) is 7.44. The van der Waals surface area contributed by atoms with E-state index in [1.54, 1.807) is 33.2 Å². The molecule has 0 radical (unpaired) electrons. The molecule has 0 bridgehead atoms. The maximum atomic E-state index is 13.5. The van der Waals surface area contributed by atoms with Crippen molar-refractivity contribution in [3.8, 4) is 11.6 Å². The molecule has 0 aliphatic rings. The van der Waals surface area contributed by atoms with Crippen molar-refractivity contribution in [2.24, 2.45) is 5.10 Å². The third-order valence-electron chi connectivity index (χ3n) is 5.61. The molecule has 0 spiro atoms. The molecule has 1 heterocycles. The summed E-state index contributed by atoms with van der Waals surface area (Å²) < 4.78 is 41.8. The van der Waals surface area contributed by atoms with E-state index < -0.39 is 18.0 Å². The number of aliphatic hydroxyl groups is 1. The lowest BCUT2D eigenvalue weighted by atomic mass is 10.1. The van der Waals surface area contributed by atoms with Gasteiger partial charge in [0.2, 0.25) is 11.8 Å². The molecule has 1 unspecified atom stereocenters. The number of aryl methyl sites for hydroxylation is 2. The zero-order valence-corrected chi connectivity index (χ0v) is 20.2. The lowest BCUT2D eigenvalue weighted by molar-refractivity contribution is -0.137. The second-order valence-corrected chi connectivity index (χ2v) is 8.78. The van der Waals surface area contributed by atoms with Gasteiger partial charge in [0.25, 0.3) is 0 Å². The van der Waals surface area contributed by atoms with Crippen molar-refractivity contribution in [1.82, 2.24) is 14.9 Å². The van der Waals surface area contributed by atoms with Gasteiger partial charge in [-0.15, -0.1) is 0 Å². The lowest BCUT2D eigenvalue weighted by Crippen LogP contribution is -2.28. The van der Waals surface area contributed by atoms with Crippen molar-refractivity contribution in [3.05, 3.63) is 58.7 Å². The Labute approximate surface area is 201 Å². The number of nitrogens with zero attached hydrogens (tertiary/aromatic N) is 3. The number of aromatic nitrogens is 1. The van der Waals surface area contributed by atoms with Gasteiger partial charge in [0.05, 0.1) is 22.4 Å². The molecule has 1 amide bonds. The molecule has 0 aliphatic heterocycles. The van der Waals surface area contributed by atoms with Crippen LogP contribution in [0.15, 0.2) is 41.5 Å². The van der Waals surface area contributed by atoms with Crippen LogP contribution in [-0.2, 0) is 11.0 Å². The first kappa shape index (κ1) is 26.1. The largest absolute Gasteiger partial charge is 0.494 e. The number of hydrogen-bond acceptors (Lipinski definition) is 5. The van der Waals surface area contributed by atoms with E-state index in [1.807, 2.05) is 19.9 Å². The van der Waals surface area contributed by atoms with Crippen LogP contribution in [-0.4, -0.2) is 51.6 Å². The summed E-state index contributed by atoms with van der Waals surface area (Å²) in [5.41, 5.74) is 4.65. The average molecular weight is 491 g/mol. The van der Waals surface area contributed by atoms with Crippen molar-refractivity contribution >= 4 is 22.5 Å². The molecule has 3 aromatic rings. The molecule has 0 aliphatic carbocycles. The molecular weight excluding hydrogens is 461 g/mol. The van der Waals surface area contributed by atoms with Crippen molar-refractivity contribution in [1.29, 1.82) is 0 Å². The number of aliphatic hydroxyl groups excluding tert-OH is 1. The highest BCUT2D eigenvalue weighted by atomic mass is 19.4. The maximum absolute atomic E-state index is 13.5. The highest BCUT2D eigenvalue weighted by molar-refractivity contribution is 6.12. The fraction of sp³-hybridized carbons (Fsp3) is 0.360. The van der Waals surface area contributed by atoms with Crippen molar-refractivity contribution < 1.29 is 28.2 Å². The maximum Gasteiger partial charge on any atom is 0.416 e. The van der Waals surface area contributed by atoms with Gasteiger partial charge in [-0.3, -0.25) is 14.8 Å². The number of benzene rings is 2. The normalized spacial score (nSPS) is 13.2. The molecular formula is C25H29F3N4O3. The van der Waals surface area contributed by atoms with E-state index in [1.165, 1.54) is 15.5 Å². The van der Waals surface area contributed by atoms with Gasteiger partial charge in [-0.05, 0) is 56.2 Å². The minimum atomic E-state index is -4.56. The Balaban J connectivity index is 2.08. The number of halogens is 3. The molecule has 35 heavy (non-hydrogen) atoms. The van der Waals surface area contributed by atoms with Crippen LogP contribution in [0.25, 0.3) is 16.6 Å². The van der Waals surface area contributed by atoms with Crippen LogP contribution < -0.4 is 5.43 Å². The fourth-order valence-electron chi connectivity index (χ4n) is 3.92. The van der Waals surface area contributed by atoms with E-state index >= 15 is 0 Å². The van der Waals surface area contributed by atoms with E-state index in [9.17, 15) is 28.2 Å². The summed E-state index contributed by atoms with van der Waals surface area (Å²) >= 11 is 0. The van der Waals surface area contributed by atoms with Crippen LogP contribution in [0.3, 0.4) is 0 Å². The predicted molar refractivity (Wildman–Crippen MR) is 129 cm³/mol. The van der Waals surface area contributed by atoms with Crippen LogP contribution in [0, 0.1) is 13.8 Å². The molecule has 0 saturated heterocycles. The van der Waals surface area contributed by atoms with Gasteiger partial charge in [-0.1, -0.05) is 12.1 Å². The smallest absolute Gasteiger partial charge is 0.416 e. The molecule has 7 nitrogen and oxygen atoms in total. The summed E-state index contributed by atoms with van der Waals surface area (Å²) in [5.74, 6) is -0.425. The highest BCUT2D eigenvalue weighted by Gasteiger charge is 2.32. The monoisotopic (exact) mass is 490 g/mol. The van der Waals surface area contributed by atoms with E-state index in [-0.39, 0.29) is 41.4 Å². The van der Waals surface area contributed by atoms with Gasteiger partial charge >= 0.3 is 6.18 Å². The number of carbonyl (C=O) groups is 1. The second kappa shape index (κ2) is 9.99. The number of alkyl halides is 3.